The van der Waals surface area contributed by atoms with E-state index < -0.39 is 5.76 Å². The maximum atomic E-state index is 12.1. The maximum absolute atomic E-state index is 12.1. The number of alkyl halides is 2. The minimum absolute atomic E-state index is 0.129. The molecule has 80 valence electrons. The van der Waals surface area contributed by atoms with E-state index in [2.05, 4.69) is 0 Å². The zero-order valence-corrected chi connectivity index (χ0v) is 8.82. The highest BCUT2D eigenvalue weighted by Gasteiger charge is 2.17. The molecule has 0 amide bonds. The molecule has 1 aliphatic carbocycles. The van der Waals surface area contributed by atoms with Crippen LogP contribution in [0.2, 0.25) is 0 Å². The first-order chi connectivity index (χ1) is 7.16. The van der Waals surface area contributed by atoms with E-state index in [4.69, 9.17) is 0 Å². The zero-order valence-electron chi connectivity index (χ0n) is 8.00. The molecule has 0 radical (unpaired) electrons. The molecule has 0 aromatic heterocycles. The summed E-state index contributed by atoms with van der Waals surface area (Å²) in [5.41, 5.74) is 1.62. The Labute approximate surface area is 90.9 Å². The first-order valence-electron chi connectivity index (χ1n) is 4.78. The molecule has 0 fully saturated rings. The van der Waals surface area contributed by atoms with E-state index in [0.29, 0.717) is 28.6 Å². The molecule has 0 unspecified atom stereocenters. The zero-order chi connectivity index (χ0) is 10.8. The van der Waals surface area contributed by atoms with Gasteiger partial charge in [0, 0.05) is 16.9 Å². The van der Waals surface area contributed by atoms with Gasteiger partial charge in [-0.3, -0.25) is 4.79 Å². The van der Waals surface area contributed by atoms with Crippen LogP contribution in [-0.2, 0) is 6.42 Å². The largest absolute Gasteiger partial charge is 0.294 e. The number of fused-ring (bicyclic) bond motifs is 1. The van der Waals surface area contributed by atoms with Gasteiger partial charge in [0.15, 0.2) is 5.78 Å². The molecule has 1 aliphatic rings. The maximum Gasteiger partial charge on any atom is 0.288 e. The smallest absolute Gasteiger partial charge is 0.288 e. The summed E-state index contributed by atoms with van der Waals surface area (Å²) in [6.45, 7) is 0. The molecule has 2 rings (SSSR count). The van der Waals surface area contributed by atoms with Crippen molar-refractivity contribution in [2.45, 2.75) is 29.9 Å². The normalized spacial score (nSPS) is 15.5. The van der Waals surface area contributed by atoms with Crippen molar-refractivity contribution in [2.75, 3.05) is 0 Å². The lowest BCUT2D eigenvalue weighted by Gasteiger charge is -2.15. The molecule has 1 aromatic carbocycles. The van der Waals surface area contributed by atoms with Crippen molar-refractivity contribution in [3.05, 3.63) is 29.3 Å². The minimum Gasteiger partial charge on any atom is -0.294 e. The Hall–Kier alpha value is -0.900. The summed E-state index contributed by atoms with van der Waals surface area (Å²) in [6, 6.07) is 4.98. The van der Waals surface area contributed by atoms with Gasteiger partial charge in [-0.1, -0.05) is 17.8 Å². The lowest BCUT2D eigenvalue weighted by atomic mass is 9.91. The molecule has 15 heavy (non-hydrogen) atoms. The third-order valence-electron chi connectivity index (χ3n) is 2.45. The summed E-state index contributed by atoms with van der Waals surface area (Å²) in [5, 5.41) is 0. The number of benzene rings is 1. The Morgan fingerprint density at radius 3 is 2.80 bits per heavy atom. The van der Waals surface area contributed by atoms with Crippen molar-refractivity contribution in [1.82, 2.24) is 0 Å². The Balaban J connectivity index is 2.29. The van der Waals surface area contributed by atoms with Crippen LogP contribution in [0.25, 0.3) is 0 Å². The first-order valence-corrected chi connectivity index (χ1v) is 5.66. The van der Waals surface area contributed by atoms with E-state index >= 15 is 0 Å². The number of thioether (sulfide) groups is 1. The SMILES string of the molecule is O=C1CCCc2cc(SC(F)F)ccc21. The number of Topliss-reactive ketones (excluding diaryl/α,β-unsaturated/α-hetero) is 1. The van der Waals surface area contributed by atoms with Gasteiger partial charge < -0.3 is 0 Å². The number of halogens is 2. The van der Waals surface area contributed by atoms with Crippen molar-refractivity contribution in [3.8, 4) is 0 Å². The molecule has 1 aromatic rings. The molecule has 0 atom stereocenters. The number of aryl methyl sites for hydroxylation is 1. The van der Waals surface area contributed by atoms with E-state index in [1.165, 1.54) is 0 Å². The molecule has 0 aliphatic heterocycles. The molecule has 0 saturated heterocycles. The van der Waals surface area contributed by atoms with Crippen LogP contribution in [0, 0.1) is 0 Å². The van der Waals surface area contributed by atoms with Crippen LogP contribution in [0.15, 0.2) is 23.1 Å². The van der Waals surface area contributed by atoms with Crippen LogP contribution < -0.4 is 0 Å². The summed E-state index contributed by atoms with van der Waals surface area (Å²) in [7, 11) is 0. The third kappa shape index (κ3) is 2.37. The molecule has 0 heterocycles. The van der Waals surface area contributed by atoms with Gasteiger partial charge in [-0.05, 0) is 30.5 Å². The van der Waals surface area contributed by atoms with Crippen molar-refractivity contribution < 1.29 is 13.6 Å². The Kier molecular flexibility index (Phi) is 3.05. The van der Waals surface area contributed by atoms with Gasteiger partial charge in [0.1, 0.15) is 0 Å². The lowest BCUT2D eigenvalue weighted by molar-refractivity contribution is 0.0972. The summed E-state index contributed by atoms with van der Waals surface area (Å²) in [6.07, 6.45) is 2.22. The number of hydrogen-bond acceptors (Lipinski definition) is 2. The first kappa shape index (κ1) is 10.6. The molecule has 0 saturated carbocycles. The van der Waals surface area contributed by atoms with Gasteiger partial charge in [0.05, 0.1) is 0 Å². The van der Waals surface area contributed by atoms with Crippen LogP contribution in [0.1, 0.15) is 28.8 Å². The fourth-order valence-electron chi connectivity index (χ4n) is 1.80. The average Bonchev–Trinajstić information content (AvgIpc) is 2.17. The highest BCUT2D eigenvalue weighted by molar-refractivity contribution is 7.99. The van der Waals surface area contributed by atoms with Gasteiger partial charge in [0.25, 0.3) is 5.76 Å². The summed E-state index contributed by atoms with van der Waals surface area (Å²) < 4.78 is 24.3. The topological polar surface area (TPSA) is 17.1 Å². The second-order valence-corrected chi connectivity index (χ2v) is 4.54. The Morgan fingerprint density at radius 2 is 2.07 bits per heavy atom. The van der Waals surface area contributed by atoms with Crippen LogP contribution in [0.3, 0.4) is 0 Å². The molecular formula is C11H10F2OS. The van der Waals surface area contributed by atoms with E-state index in [9.17, 15) is 13.6 Å². The number of carbonyl (C=O) groups is 1. The Morgan fingerprint density at radius 1 is 1.27 bits per heavy atom. The van der Waals surface area contributed by atoms with Crippen molar-refractivity contribution in [2.24, 2.45) is 0 Å². The highest BCUT2D eigenvalue weighted by atomic mass is 32.2. The second kappa shape index (κ2) is 4.31. The third-order valence-corrected chi connectivity index (χ3v) is 3.16. The van der Waals surface area contributed by atoms with Crippen LogP contribution in [-0.4, -0.2) is 11.5 Å². The average molecular weight is 228 g/mol. The molecule has 0 bridgehead atoms. The van der Waals surface area contributed by atoms with Gasteiger partial charge in [-0.2, -0.15) is 8.78 Å². The van der Waals surface area contributed by atoms with Gasteiger partial charge in [-0.15, -0.1) is 0 Å². The van der Waals surface area contributed by atoms with E-state index in [0.717, 1.165) is 18.4 Å². The monoisotopic (exact) mass is 228 g/mol. The molecule has 4 heteroatoms. The van der Waals surface area contributed by atoms with Crippen LogP contribution in [0.4, 0.5) is 8.78 Å². The molecule has 0 N–H and O–H groups in total. The van der Waals surface area contributed by atoms with Crippen molar-refractivity contribution in [3.63, 3.8) is 0 Å². The lowest BCUT2D eigenvalue weighted by Crippen LogP contribution is -2.10. The quantitative estimate of drug-likeness (QED) is 0.720. The predicted molar refractivity (Wildman–Crippen MR) is 55.6 cm³/mol. The summed E-state index contributed by atoms with van der Waals surface area (Å²) in [4.78, 5) is 12.0. The van der Waals surface area contributed by atoms with E-state index in [-0.39, 0.29) is 5.78 Å². The van der Waals surface area contributed by atoms with Crippen molar-refractivity contribution in [1.29, 1.82) is 0 Å². The van der Waals surface area contributed by atoms with E-state index in [1.54, 1.807) is 18.2 Å². The van der Waals surface area contributed by atoms with E-state index in [1.807, 2.05) is 0 Å². The van der Waals surface area contributed by atoms with Gasteiger partial charge in [0.2, 0.25) is 0 Å². The van der Waals surface area contributed by atoms with Gasteiger partial charge >= 0.3 is 0 Å². The summed E-state index contributed by atoms with van der Waals surface area (Å²) >= 11 is 0.528. The highest BCUT2D eigenvalue weighted by Crippen LogP contribution is 2.29. The predicted octanol–water partition coefficient (Wildman–Crippen LogP) is 3.52. The fraction of sp³-hybridized carbons (Fsp3) is 0.364. The van der Waals surface area contributed by atoms with Gasteiger partial charge in [-0.25, -0.2) is 0 Å². The summed E-state index contributed by atoms with van der Waals surface area (Å²) in [5.74, 6) is -2.27. The number of rotatable bonds is 2. The van der Waals surface area contributed by atoms with Crippen LogP contribution in [0.5, 0.6) is 0 Å². The van der Waals surface area contributed by atoms with Crippen molar-refractivity contribution >= 4 is 17.5 Å². The minimum atomic E-state index is -2.40. The molecule has 1 nitrogen and oxygen atoms in total. The molecular weight excluding hydrogens is 218 g/mol. The standard InChI is InChI=1S/C11H10F2OS/c12-11(13)15-8-4-5-9-7(6-8)2-1-3-10(9)14/h4-6,11H,1-3H2. The Bertz CT molecular complexity index is 390. The number of ketones is 1. The number of carbonyl (C=O) groups excluding carboxylic acids is 1. The fourth-order valence-corrected chi connectivity index (χ4v) is 2.36. The molecule has 0 spiro atoms. The number of hydrogen-bond donors (Lipinski definition) is 0. The van der Waals surface area contributed by atoms with Crippen LogP contribution >= 0.6 is 11.8 Å². The second-order valence-electron chi connectivity index (χ2n) is 3.47.